The van der Waals surface area contributed by atoms with E-state index in [1.807, 2.05) is 0 Å². The van der Waals surface area contributed by atoms with Crippen LogP contribution >= 0.6 is 11.8 Å². The van der Waals surface area contributed by atoms with E-state index < -0.39 is 30.2 Å². The van der Waals surface area contributed by atoms with Gasteiger partial charge in [-0.3, -0.25) is 0 Å². The molecule has 1 amide bonds. The van der Waals surface area contributed by atoms with E-state index in [-0.39, 0.29) is 18.2 Å². The van der Waals surface area contributed by atoms with Crippen LogP contribution in [-0.2, 0) is 4.74 Å². The molecule has 0 aromatic heterocycles. The predicted octanol–water partition coefficient (Wildman–Crippen LogP) is 5.10. The summed E-state index contributed by atoms with van der Waals surface area (Å²) in [6.45, 7) is 5.88. The van der Waals surface area contributed by atoms with E-state index >= 15 is 0 Å². The van der Waals surface area contributed by atoms with Gasteiger partial charge in [-0.2, -0.15) is 33.7 Å². The van der Waals surface area contributed by atoms with Gasteiger partial charge in [0.05, 0.1) is 0 Å². The molecule has 0 spiro atoms. The van der Waals surface area contributed by atoms with Gasteiger partial charge in [-0.05, 0) is 45.8 Å². The number of likely N-dealkylation sites (tertiary alicyclic amines) is 1. The first-order chi connectivity index (χ1) is 10.8. The van der Waals surface area contributed by atoms with Gasteiger partial charge in [-0.25, -0.2) is 4.79 Å². The minimum absolute atomic E-state index is 0.0621. The molecular weight excluding hydrogens is 353 g/mol. The van der Waals surface area contributed by atoms with E-state index in [0.717, 1.165) is 12.8 Å². The standard InChI is InChI=1S/C15H24F5NO2S/c1-13(2,3)23-12(22)21-8-4-6-11(21)10-24-9-5-7-14(16,17)15(18,19)20/h11H,4-10H2,1-3H3/t11-/m0/s1. The van der Waals surface area contributed by atoms with Crippen LogP contribution in [0.3, 0.4) is 0 Å². The predicted molar refractivity (Wildman–Crippen MR) is 83.5 cm³/mol. The van der Waals surface area contributed by atoms with Crippen LogP contribution < -0.4 is 0 Å². The molecule has 1 fully saturated rings. The molecule has 0 N–H and O–H groups in total. The zero-order valence-electron chi connectivity index (χ0n) is 14.1. The van der Waals surface area contributed by atoms with Crippen molar-refractivity contribution in [2.24, 2.45) is 0 Å². The van der Waals surface area contributed by atoms with Gasteiger partial charge in [-0.15, -0.1) is 0 Å². The Morgan fingerprint density at radius 2 is 1.83 bits per heavy atom. The van der Waals surface area contributed by atoms with Crippen molar-refractivity contribution in [1.29, 1.82) is 0 Å². The molecule has 1 aliphatic heterocycles. The molecule has 0 aromatic carbocycles. The first-order valence-corrected chi connectivity index (χ1v) is 9.01. The van der Waals surface area contributed by atoms with Crippen molar-refractivity contribution in [3.63, 3.8) is 0 Å². The molecule has 0 aliphatic carbocycles. The van der Waals surface area contributed by atoms with E-state index in [4.69, 9.17) is 4.74 Å². The van der Waals surface area contributed by atoms with Gasteiger partial charge >= 0.3 is 18.2 Å². The fourth-order valence-corrected chi connectivity index (χ4v) is 3.46. The highest BCUT2D eigenvalue weighted by Gasteiger charge is 2.56. The van der Waals surface area contributed by atoms with Crippen LogP contribution in [0.15, 0.2) is 0 Å². The van der Waals surface area contributed by atoms with Crippen molar-refractivity contribution in [3.8, 4) is 0 Å². The molecule has 24 heavy (non-hydrogen) atoms. The van der Waals surface area contributed by atoms with Crippen molar-refractivity contribution < 1.29 is 31.5 Å². The fraction of sp³-hybridized carbons (Fsp3) is 0.933. The normalized spacial score (nSPS) is 19.7. The second-order valence-corrected chi connectivity index (χ2v) is 8.00. The van der Waals surface area contributed by atoms with Gasteiger partial charge in [0.2, 0.25) is 0 Å². The van der Waals surface area contributed by atoms with Crippen molar-refractivity contribution in [2.75, 3.05) is 18.1 Å². The minimum atomic E-state index is -5.49. The number of hydrogen-bond donors (Lipinski definition) is 0. The van der Waals surface area contributed by atoms with E-state index in [2.05, 4.69) is 0 Å². The summed E-state index contributed by atoms with van der Waals surface area (Å²) in [4.78, 5) is 13.7. The summed E-state index contributed by atoms with van der Waals surface area (Å²) >= 11 is 1.29. The van der Waals surface area contributed by atoms with E-state index in [0.29, 0.717) is 12.3 Å². The van der Waals surface area contributed by atoms with E-state index in [9.17, 15) is 26.7 Å². The first kappa shape index (κ1) is 21.3. The third kappa shape index (κ3) is 6.64. The average Bonchev–Trinajstić information content (AvgIpc) is 2.83. The molecule has 1 atom stereocenters. The summed E-state index contributed by atoms with van der Waals surface area (Å²) in [6.07, 6.45) is -5.72. The Morgan fingerprint density at radius 3 is 2.38 bits per heavy atom. The smallest absolute Gasteiger partial charge is 0.444 e. The fourth-order valence-electron chi connectivity index (χ4n) is 2.33. The number of rotatable bonds is 6. The van der Waals surface area contributed by atoms with Gasteiger partial charge in [0.15, 0.2) is 0 Å². The number of amides is 1. The van der Waals surface area contributed by atoms with Gasteiger partial charge in [-0.1, -0.05) is 0 Å². The largest absolute Gasteiger partial charge is 0.453 e. The first-order valence-electron chi connectivity index (χ1n) is 7.85. The Kier molecular flexibility index (Phi) is 7.19. The molecule has 0 bridgehead atoms. The second-order valence-electron chi connectivity index (χ2n) is 6.85. The quantitative estimate of drug-likeness (QED) is 0.477. The van der Waals surface area contributed by atoms with Gasteiger partial charge < -0.3 is 9.64 Å². The third-order valence-electron chi connectivity index (χ3n) is 3.51. The molecule has 3 nitrogen and oxygen atoms in total. The molecule has 0 radical (unpaired) electrons. The highest BCUT2D eigenvalue weighted by atomic mass is 32.2. The lowest BCUT2D eigenvalue weighted by molar-refractivity contribution is -0.284. The molecule has 1 rings (SSSR count). The summed E-state index contributed by atoms with van der Waals surface area (Å²) in [5, 5.41) is 0. The number of hydrogen-bond acceptors (Lipinski definition) is 3. The molecule has 9 heteroatoms. The highest BCUT2D eigenvalue weighted by molar-refractivity contribution is 7.99. The second kappa shape index (κ2) is 8.10. The Bertz CT molecular complexity index is 423. The lowest BCUT2D eigenvalue weighted by atomic mass is 10.2. The van der Waals surface area contributed by atoms with Crippen LogP contribution in [0.1, 0.15) is 46.5 Å². The zero-order chi connectivity index (χ0) is 18.6. The van der Waals surface area contributed by atoms with Crippen molar-refractivity contribution in [2.45, 2.75) is 70.2 Å². The molecular formula is C15H24F5NO2S. The lowest BCUT2D eigenvalue weighted by Gasteiger charge is -2.28. The highest BCUT2D eigenvalue weighted by Crippen LogP contribution is 2.39. The van der Waals surface area contributed by atoms with Crippen LogP contribution in [0.25, 0.3) is 0 Å². The van der Waals surface area contributed by atoms with E-state index in [1.165, 1.54) is 11.8 Å². The van der Waals surface area contributed by atoms with Crippen LogP contribution in [0, 0.1) is 0 Å². The molecule has 142 valence electrons. The molecule has 0 saturated carbocycles. The number of carbonyl (C=O) groups is 1. The molecule has 1 aliphatic rings. The topological polar surface area (TPSA) is 29.5 Å². The van der Waals surface area contributed by atoms with Crippen molar-refractivity contribution >= 4 is 17.9 Å². The molecule has 0 unspecified atom stereocenters. The maximum absolute atomic E-state index is 12.8. The Morgan fingerprint density at radius 1 is 1.21 bits per heavy atom. The lowest BCUT2D eigenvalue weighted by Crippen LogP contribution is -2.40. The minimum Gasteiger partial charge on any atom is -0.444 e. The summed E-state index contributed by atoms with van der Waals surface area (Å²) in [7, 11) is 0. The summed E-state index contributed by atoms with van der Waals surface area (Å²) in [5.74, 6) is -3.93. The Hall–Kier alpha value is -0.730. The van der Waals surface area contributed by atoms with Crippen LogP contribution in [-0.4, -0.2) is 52.8 Å². The molecule has 1 heterocycles. The number of carbonyl (C=O) groups excluding carboxylic acids is 1. The van der Waals surface area contributed by atoms with Crippen LogP contribution in [0.2, 0.25) is 0 Å². The maximum Gasteiger partial charge on any atom is 0.453 e. The number of nitrogens with zero attached hydrogens (tertiary/aromatic N) is 1. The van der Waals surface area contributed by atoms with Crippen LogP contribution in [0.4, 0.5) is 26.7 Å². The van der Waals surface area contributed by atoms with Crippen molar-refractivity contribution in [3.05, 3.63) is 0 Å². The third-order valence-corrected chi connectivity index (χ3v) is 4.71. The summed E-state index contributed by atoms with van der Waals surface area (Å²) in [5.41, 5.74) is -0.597. The SMILES string of the molecule is CC(C)(C)OC(=O)N1CCC[C@H]1CSCCCC(F)(F)C(F)(F)F. The number of halogens is 5. The van der Waals surface area contributed by atoms with Gasteiger partial charge in [0.1, 0.15) is 5.60 Å². The Labute approximate surface area is 143 Å². The summed E-state index contributed by atoms with van der Waals surface area (Å²) < 4.78 is 67.0. The zero-order valence-corrected chi connectivity index (χ0v) is 14.9. The molecule has 0 aromatic rings. The van der Waals surface area contributed by atoms with E-state index in [1.54, 1.807) is 25.7 Å². The number of alkyl halides is 5. The maximum atomic E-state index is 12.8. The molecule has 1 saturated heterocycles. The van der Waals surface area contributed by atoms with Gasteiger partial charge in [0, 0.05) is 24.8 Å². The average molecular weight is 377 g/mol. The summed E-state index contributed by atoms with van der Waals surface area (Å²) in [6, 6.07) is -0.0621. The monoisotopic (exact) mass is 377 g/mol. The van der Waals surface area contributed by atoms with Crippen LogP contribution in [0.5, 0.6) is 0 Å². The number of thioether (sulfide) groups is 1. The van der Waals surface area contributed by atoms with Gasteiger partial charge in [0.25, 0.3) is 0 Å². The van der Waals surface area contributed by atoms with Crippen molar-refractivity contribution in [1.82, 2.24) is 4.90 Å². The number of ether oxygens (including phenoxy) is 1. The Balaban J connectivity index is 2.33.